The standard InChI is InChI=1S/C44H47NOPSSi/c1-35(33-37-34-48-36(2)45-37)43(46-49(44(3,4)5,41-27-17-9-18-28-41)42-29-19-10-20-30-42)31-32-47(38-21-11-6-12-22-38,39-23-13-7-14-24-39)40-25-15-8-16-26-40/h6-30,33-34,43H,31-32H2,1-5H3/q+1/b35-33+. The van der Waals surface area contributed by atoms with Crippen LogP contribution in [0.25, 0.3) is 6.08 Å². The van der Waals surface area contributed by atoms with Crippen LogP contribution in [0, 0.1) is 6.92 Å². The predicted octanol–water partition coefficient (Wildman–Crippen LogP) is 9.18. The molecule has 6 aromatic rings. The van der Waals surface area contributed by atoms with E-state index in [4.69, 9.17) is 9.41 Å². The summed E-state index contributed by atoms with van der Waals surface area (Å²) in [6, 6.07) is 55.7. The Kier molecular flexibility index (Phi) is 10.9. The second kappa shape index (κ2) is 15.3. The van der Waals surface area contributed by atoms with E-state index in [1.54, 1.807) is 11.3 Å². The molecule has 248 valence electrons. The van der Waals surface area contributed by atoms with E-state index in [0.717, 1.165) is 23.3 Å². The Balaban J connectivity index is 1.55. The molecule has 1 heterocycles. The van der Waals surface area contributed by atoms with Crippen LogP contribution in [-0.4, -0.2) is 25.6 Å². The summed E-state index contributed by atoms with van der Waals surface area (Å²) in [6.07, 6.45) is 3.96. The van der Waals surface area contributed by atoms with Gasteiger partial charge in [-0.2, -0.15) is 0 Å². The predicted molar refractivity (Wildman–Crippen MR) is 218 cm³/mol. The molecule has 6 rings (SSSR count). The fourth-order valence-corrected chi connectivity index (χ4v) is 16.9. The van der Waals surface area contributed by atoms with Crippen molar-refractivity contribution in [2.24, 2.45) is 0 Å². The molecule has 5 heteroatoms. The number of benzene rings is 5. The van der Waals surface area contributed by atoms with Crippen molar-refractivity contribution >= 4 is 59.3 Å². The molecule has 0 bridgehead atoms. The molecule has 0 N–H and O–H groups in total. The summed E-state index contributed by atoms with van der Waals surface area (Å²) >= 11 is 1.70. The molecule has 5 aromatic carbocycles. The van der Waals surface area contributed by atoms with Crippen LogP contribution in [0.5, 0.6) is 0 Å². The average Bonchev–Trinajstić information content (AvgIpc) is 3.55. The summed E-state index contributed by atoms with van der Waals surface area (Å²) in [6.45, 7) is 11.4. The minimum Gasteiger partial charge on any atom is -0.401 e. The monoisotopic (exact) mass is 696 g/mol. The number of thiazole rings is 1. The Hall–Kier alpha value is -3.92. The number of hydrogen-bond donors (Lipinski definition) is 0. The maximum Gasteiger partial charge on any atom is 0.261 e. The van der Waals surface area contributed by atoms with Gasteiger partial charge in [0.2, 0.25) is 0 Å². The summed E-state index contributed by atoms with van der Waals surface area (Å²) in [5.41, 5.74) is 2.22. The van der Waals surface area contributed by atoms with Gasteiger partial charge < -0.3 is 4.43 Å². The van der Waals surface area contributed by atoms with Gasteiger partial charge in [0.1, 0.15) is 23.2 Å². The zero-order valence-electron chi connectivity index (χ0n) is 29.3. The van der Waals surface area contributed by atoms with Gasteiger partial charge in [0.05, 0.1) is 23.0 Å². The normalized spacial score (nSPS) is 13.3. The molecule has 49 heavy (non-hydrogen) atoms. The minimum atomic E-state index is -2.87. The molecule has 0 amide bonds. The number of aryl methyl sites for hydroxylation is 1. The van der Waals surface area contributed by atoms with Crippen LogP contribution in [-0.2, 0) is 4.43 Å². The fourth-order valence-electron chi connectivity index (χ4n) is 7.25. The molecule has 0 aliphatic rings. The van der Waals surface area contributed by atoms with Gasteiger partial charge in [-0.05, 0) is 77.3 Å². The lowest BCUT2D eigenvalue weighted by Gasteiger charge is -2.45. The number of hydrogen-bond acceptors (Lipinski definition) is 3. The third-order valence-corrected chi connectivity index (χ3v) is 19.9. The minimum absolute atomic E-state index is 0.135. The number of aromatic nitrogens is 1. The summed E-state index contributed by atoms with van der Waals surface area (Å²) in [5.74, 6) is 0. The van der Waals surface area contributed by atoms with E-state index in [1.807, 2.05) is 0 Å². The van der Waals surface area contributed by atoms with Crippen LogP contribution in [0.15, 0.2) is 163 Å². The van der Waals surface area contributed by atoms with Crippen molar-refractivity contribution in [1.82, 2.24) is 4.98 Å². The van der Waals surface area contributed by atoms with E-state index in [2.05, 4.69) is 198 Å². The van der Waals surface area contributed by atoms with Gasteiger partial charge in [0.25, 0.3) is 8.32 Å². The van der Waals surface area contributed by atoms with E-state index < -0.39 is 15.6 Å². The molecule has 0 radical (unpaired) electrons. The van der Waals surface area contributed by atoms with Crippen molar-refractivity contribution in [3.8, 4) is 0 Å². The van der Waals surface area contributed by atoms with Gasteiger partial charge >= 0.3 is 0 Å². The highest BCUT2D eigenvalue weighted by molar-refractivity contribution is 7.95. The van der Waals surface area contributed by atoms with Gasteiger partial charge in [-0.15, -0.1) is 11.3 Å². The molecule has 1 atom stereocenters. The maximum absolute atomic E-state index is 7.98. The van der Waals surface area contributed by atoms with Crippen molar-refractivity contribution in [2.45, 2.75) is 52.2 Å². The Labute approximate surface area is 299 Å². The molecule has 1 aromatic heterocycles. The lowest BCUT2D eigenvalue weighted by molar-refractivity contribution is 0.219. The van der Waals surface area contributed by atoms with Crippen LogP contribution in [0.3, 0.4) is 0 Å². The zero-order chi connectivity index (χ0) is 34.3. The quantitative estimate of drug-likeness (QED) is 0.0941. The molecular formula is C44H47NOPSSi+. The molecule has 0 aliphatic heterocycles. The van der Waals surface area contributed by atoms with Gasteiger partial charge in [0, 0.05) is 11.8 Å². The van der Waals surface area contributed by atoms with E-state index in [9.17, 15) is 0 Å². The Morgan fingerprint density at radius 3 is 1.47 bits per heavy atom. The highest BCUT2D eigenvalue weighted by atomic mass is 32.1. The first-order chi connectivity index (χ1) is 23.7. The van der Waals surface area contributed by atoms with Gasteiger partial charge in [-0.3, -0.25) is 0 Å². The molecule has 0 saturated heterocycles. The van der Waals surface area contributed by atoms with Crippen molar-refractivity contribution in [3.63, 3.8) is 0 Å². The van der Waals surface area contributed by atoms with E-state index in [-0.39, 0.29) is 11.1 Å². The molecule has 0 fully saturated rings. The highest BCUT2D eigenvalue weighted by Gasteiger charge is 2.52. The third kappa shape index (κ3) is 7.34. The topological polar surface area (TPSA) is 22.1 Å². The lowest BCUT2D eigenvalue weighted by atomic mass is 10.1. The highest BCUT2D eigenvalue weighted by Crippen LogP contribution is 2.56. The first-order valence-electron chi connectivity index (χ1n) is 17.2. The summed E-state index contributed by atoms with van der Waals surface area (Å²) in [4.78, 5) is 4.85. The second-order valence-electron chi connectivity index (χ2n) is 13.8. The van der Waals surface area contributed by atoms with Crippen LogP contribution >= 0.6 is 18.6 Å². The average molecular weight is 697 g/mol. The molecule has 2 nitrogen and oxygen atoms in total. The van der Waals surface area contributed by atoms with Crippen molar-refractivity contribution in [1.29, 1.82) is 0 Å². The number of rotatable bonds is 12. The summed E-state index contributed by atoms with van der Waals surface area (Å²) in [7, 11) is -4.95. The fraction of sp³-hybridized carbons (Fsp3) is 0.205. The third-order valence-electron chi connectivity index (χ3n) is 9.57. The van der Waals surface area contributed by atoms with Crippen molar-refractivity contribution in [2.75, 3.05) is 6.16 Å². The Morgan fingerprint density at radius 1 is 0.694 bits per heavy atom. The van der Waals surface area contributed by atoms with Crippen LogP contribution < -0.4 is 26.3 Å². The SMILES string of the molecule is C/C(=C\c1csc(C)n1)C(CC[P+](c1ccccc1)(c1ccccc1)c1ccccc1)O[Si](c1ccccc1)(c1ccccc1)C(C)(C)C. The molecular weight excluding hydrogens is 650 g/mol. The van der Waals surface area contributed by atoms with Gasteiger partial charge in [-0.25, -0.2) is 4.98 Å². The molecule has 0 spiro atoms. The lowest BCUT2D eigenvalue weighted by Crippen LogP contribution is -2.67. The smallest absolute Gasteiger partial charge is 0.261 e. The van der Waals surface area contributed by atoms with Crippen molar-refractivity contribution in [3.05, 3.63) is 173 Å². The van der Waals surface area contributed by atoms with E-state index in [0.29, 0.717) is 0 Å². The zero-order valence-corrected chi connectivity index (χ0v) is 32.0. The Bertz CT molecular complexity index is 1800. The first kappa shape index (κ1) is 34.9. The van der Waals surface area contributed by atoms with Crippen molar-refractivity contribution < 1.29 is 4.43 Å². The molecule has 0 aliphatic carbocycles. The summed E-state index contributed by atoms with van der Waals surface area (Å²) in [5, 5.41) is 9.88. The first-order valence-corrected chi connectivity index (χ1v) is 21.9. The van der Waals surface area contributed by atoms with E-state index >= 15 is 0 Å². The summed E-state index contributed by atoms with van der Waals surface area (Å²) < 4.78 is 7.98. The Morgan fingerprint density at radius 2 is 1.10 bits per heavy atom. The maximum atomic E-state index is 7.98. The number of nitrogens with zero attached hydrogens (tertiary/aromatic N) is 1. The second-order valence-corrected chi connectivity index (χ2v) is 22.7. The van der Waals surface area contributed by atoms with Crippen LogP contribution in [0.1, 0.15) is 44.8 Å². The van der Waals surface area contributed by atoms with Crippen LogP contribution in [0.2, 0.25) is 5.04 Å². The van der Waals surface area contributed by atoms with Gasteiger partial charge in [-0.1, -0.05) is 136 Å². The van der Waals surface area contributed by atoms with Gasteiger partial charge in [0.15, 0.2) is 0 Å². The largest absolute Gasteiger partial charge is 0.401 e. The molecule has 0 saturated carbocycles. The van der Waals surface area contributed by atoms with Crippen LogP contribution in [0.4, 0.5) is 0 Å². The van der Waals surface area contributed by atoms with E-state index in [1.165, 1.54) is 31.9 Å². The molecule has 1 unspecified atom stereocenters.